The fraction of sp³-hybridized carbons (Fsp3) is 0.400. The van der Waals surface area contributed by atoms with E-state index in [0.29, 0.717) is 16.6 Å². The van der Waals surface area contributed by atoms with Crippen LogP contribution in [0.3, 0.4) is 0 Å². The van der Waals surface area contributed by atoms with Crippen LogP contribution >= 0.6 is 23.6 Å². The molecule has 1 amide bonds. The molecule has 1 aliphatic rings. The lowest BCUT2D eigenvalue weighted by Crippen LogP contribution is -2.39. The molecule has 2 aromatic heterocycles. The van der Waals surface area contributed by atoms with E-state index in [-0.39, 0.29) is 11.8 Å². The second-order valence-corrected chi connectivity index (χ2v) is 8.48. The third-order valence-corrected chi connectivity index (χ3v) is 6.52. The molecule has 1 aliphatic heterocycles. The molecule has 1 saturated heterocycles. The minimum atomic E-state index is 0.00555. The quantitative estimate of drug-likeness (QED) is 0.588. The molecular weight excluding hydrogens is 420 g/mol. The van der Waals surface area contributed by atoms with Gasteiger partial charge in [-0.15, -0.1) is 11.3 Å². The van der Waals surface area contributed by atoms with Crippen LogP contribution in [0.5, 0.6) is 5.75 Å². The summed E-state index contributed by atoms with van der Waals surface area (Å²) in [5, 5.41) is 10.2. The smallest absolute Gasteiger partial charge is 0.229 e. The number of nitrogens with one attached hydrogen (secondary N) is 1. The number of amides is 1. The average Bonchev–Trinajstić information content (AvgIpc) is 3.38. The van der Waals surface area contributed by atoms with Gasteiger partial charge < -0.3 is 14.6 Å². The SMILES string of the molecule is COc1ccccc1-c1nn(CN2CCC(C(=O)Nc3nccs3)CC2)c(=S)n1C. The van der Waals surface area contributed by atoms with Gasteiger partial charge in [0.1, 0.15) is 5.75 Å². The van der Waals surface area contributed by atoms with Gasteiger partial charge in [-0.05, 0) is 37.2 Å². The second kappa shape index (κ2) is 9.07. The van der Waals surface area contributed by atoms with Crippen LogP contribution in [0.2, 0.25) is 0 Å². The maximum Gasteiger partial charge on any atom is 0.229 e. The Morgan fingerprint density at radius 1 is 1.33 bits per heavy atom. The Kier molecular flexibility index (Phi) is 6.26. The molecule has 1 aromatic carbocycles. The highest BCUT2D eigenvalue weighted by molar-refractivity contribution is 7.71. The maximum atomic E-state index is 12.4. The van der Waals surface area contributed by atoms with Crippen LogP contribution in [0, 0.1) is 10.7 Å². The van der Waals surface area contributed by atoms with Crippen molar-refractivity contribution < 1.29 is 9.53 Å². The lowest BCUT2D eigenvalue weighted by molar-refractivity contribution is -0.121. The van der Waals surface area contributed by atoms with Gasteiger partial charge >= 0.3 is 0 Å². The Hall–Kier alpha value is -2.56. The van der Waals surface area contributed by atoms with E-state index in [2.05, 4.69) is 15.2 Å². The summed E-state index contributed by atoms with van der Waals surface area (Å²) in [5.41, 5.74) is 0.907. The van der Waals surface area contributed by atoms with Gasteiger partial charge in [0.05, 0.1) is 19.3 Å². The molecule has 3 heterocycles. The Labute approximate surface area is 184 Å². The topological polar surface area (TPSA) is 77.2 Å². The molecule has 0 aliphatic carbocycles. The van der Waals surface area contributed by atoms with Crippen LogP contribution in [0.15, 0.2) is 35.8 Å². The van der Waals surface area contributed by atoms with E-state index in [4.69, 9.17) is 22.1 Å². The average molecular weight is 445 g/mol. The highest BCUT2D eigenvalue weighted by Gasteiger charge is 2.26. The van der Waals surface area contributed by atoms with Crippen molar-refractivity contribution in [2.45, 2.75) is 19.5 Å². The van der Waals surface area contributed by atoms with E-state index < -0.39 is 0 Å². The normalized spacial score (nSPS) is 15.3. The van der Waals surface area contributed by atoms with Crippen molar-refractivity contribution in [3.63, 3.8) is 0 Å². The lowest BCUT2D eigenvalue weighted by atomic mass is 9.96. The van der Waals surface area contributed by atoms with Crippen molar-refractivity contribution in [2.75, 3.05) is 25.5 Å². The number of hydrogen-bond donors (Lipinski definition) is 1. The van der Waals surface area contributed by atoms with E-state index in [1.165, 1.54) is 11.3 Å². The van der Waals surface area contributed by atoms with E-state index in [9.17, 15) is 4.79 Å². The number of rotatable bonds is 6. The summed E-state index contributed by atoms with van der Waals surface area (Å²) in [7, 11) is 3.57. The van der Waals surface area contributed by atoms with Crippen LogP contribution < -0.4 is 10.1 Å². The number of methoxy groups -OCH3 is 1. The fourth-order valence-electron chi connectivity index (χ4n) is 3.66. The van der Waals surface area contributed by atoms with Crippen molar-refractivity contribution >= 4 is 34.6 Å². The molecule has 10 heteroatoms. The monoisotopic (exact) mass is 444 g/mol. The summed E-state index contributed by atoms with van der Waals surface area (Å²) in [5.74, 6) is 1.60. The number of aromatic nitrogens is 4. The molecule has 1 N–H and O–H groups in total. The molecule has 0 saturated carbocycles. The molecule has 8 nitrogen and oxygen atoms in total. The number of carbonyl (C=O) groups excluding carboxylic acids is 1. The fourth-order valence-corrected chi connectivity index (χ4v) is 4.38. The van der Waals surface area contributed by atoms with Crippen LogP contribution in [0.25, 0.3) is 11.4 Å². The standard InChI is InChI=1S/C20H24N6O2S2/c1-24-17(15-5-3-4-6-16(15)28-2)23-26(20(24)29)13-25-10-7-14(8-11-25)18(27)22-19-21-9-12-30-19/h3-6,9,12,14H,7-8,10-11,13H2,1-2H3,(H,21,22,27). The highest BCUT2D eigenvalue weighted by Crippen LogP contribution is 2.28. The van der Waals surface area contributed by atoms with Gasteiger partial charge in [-0.2, -0.15) is 5.10 Å². The second-order valence-electron chi connectivity index (χ2n) is 7.23. The lowest BCUT2D eigenvalue weighted by Gasteiger charge is -2.30. The molecular formula is C20H24N6O2S2. The molecule has 158 valence electrons. The summed E-state index contributed by atoms with van der Waals surface area (Å²) in [6, 6.07) is 7.79. The number of thiazole rings is 1. The van der Waals surface area contributed by atoms with Crippen molar-refractivity contribution in [1.82, 2.24) is 24.2 Å². The third kappa shape index (κ3) is 4.30. The first-order chi connectivity index (χ1) is 14.6. The number of benzene rings is 1. The van der Waals surface area contributed by atoms with Gasteiger partial charge in [0.15, 0.2) is 15.7 Å². The molecule has 0 bridgehead atoms. The number of ether oxygens (including phenoxy) is 1. The minimum absolute atomic E-state index is 0.00555. The minimum Gasteiger partial charge on any atom is -0.496 e. The van der Waals surface area contributed by atoms with Gasteiger partial charge in [-0.25, -0.2) is 9.67 Å². The van der Waals surface area contributed by atoms with E-state index in [1.807, 2.05) is 45.9 Å². The van der Waals surface area contributed by atoms with Gasteiger partial charge in [-0.3, -0.25) is 9.69 Å². The Morgan fingerprint density at radius 3 is 2.80 bits per heavy atom. The summed E-state index contributed by atoms with van der Waals surface area (Å²) < 4.78 is 9.87. The van der Waals surface area contributed by atoms with Crippen molar-refractivity contribution in [3.8, 4) is 17.1 Å². The van der Waals surface area contributed by atoms with Crippen molar-refractivity contribution in [2.24, 2.45) is 13.0 Å². The molecule has 0 spiro atoms. The third-order valence-electron chi connectivity index (χ3n) is 5.34. The zero-order valence-corrected chi connectivity index (χ0v) is 18.6. The zero-order chi connectivity index (χ0) is 21.1. The van der Waals surface area contributed by atoms with Gasteiger partial charge in [0.25, 0.3) is 0 Å². The Morgan fingerprint density at radius 2 is 2.10 bits per heavy atom. The Bertz CT molecular complexity index is 1070. The molecule has 4 rings (SSSR count). The van der Waals surface area contributed by atoms with Crippen LogP contribution in [0.4, 0.5) is 5.13 Å². The van der Waals surface area contributed by atoms with E-state index >= 15 is 0 Å². The summed E-state index contributed by atoms with van der Waals surface area (Å²) in [6.45, 7) is 2.24. The van der Waals surface area contributed by atoms with Crippen LogP contribution in [-0.2, 0) is 18.5 Å². The number of carbonyl (C=O) groups is 1. The zero-order valence-electron chi connectivity index (χ0n) is 16.9. The molecule has 0 atom stereocenters. The largest absolute Gasteiger partial charge is 0.496 e. The van der Waals surface area contributed by atoms with Crippen LogP contribution in [-0.4, -0.2) is 50.3 Å². The molecule has 3 aromatic rings. The summed E-state index contributed by atoms with van der Waals surface area (Å²) in [4.78, 5) is 18.8. The van der Waals surface area contributed by atoms with E-state index in [1.54, 1.807) is 13.3 Å². The number of hydrogen-bond acceptors (Lipinski definition) is 7. The number of likely N-dealkylation sites (tertiary alicyclic amines) is 1. The maximum absolute atomic E-state index is 12.4. The number of para-hydroxylation sites is 1. The number of piperidine rings is 1. The van der Waals surface area contributed by atoms with Gasteiger partial charge in [0, 0.05) is 37.6 Å². The molecule has 30 heavy (non-hydrogen) atoms. The predicted molar refractivity (Wildman–Crippen MR) is 119 cm³/mol. The Balaban J connectivity index is 1.41. The summed E-state index contributed by atoms with van der Waals surface area (Å²) in [6.07, 6.45) is 3.30. The first-order valence-electron chi connectivity index (χ1n) is 9.76. The van der Waals surface area contributed by atoms with Crippen LogP contribution in [0.1, 0.15) is 12.8 Å². The van der Waals surface area contributed by atoms with Crippen molar-refractivity contribution in [3.05, 3.63) is 40.6 Å². The van der Waals surface area contributed by atoms with E-state index in [0.717, 1.165) is 43.1 Å². The number of nitrogens with zero attached hydrogens (tertiary/aromatic N) is 5. The highest BCUT2D eigenvalue weighted by atomic mass is 32.1. The van der Waals surface area contributed by atoms with Gasteiger partial charge in [0.2, 0.25) is 5.91 Å². The van der Waals surface area contributed by atoms with Crippen molar-refractivity contribution in [1.29, 1.82) is 0 Å². The summed E-state index contributed by atoms with van der Waals surface area (Å²) >= 11 is 7.05. The molecule has 1 fully saturated rings. The molecule has 0 unspecified atom stereocenters. The predicted octanol–water partition coefficient (Wildman–Crippen LogP) is 3.39. The number of anilines is 1. The first-order valence-corrected chi connectivity index (χ1v) is 11.1. The first kappa shape index (κ1) is 20.7. The van der Waals surface area contributed by atoms with Gasteiger partial charge in [-0.1, -0.05) is 12.1 Å². The molecule has 0 radical (unpaired) electrons.